The van der Waals surface area contributed by atoms with Crippen molar-refractivity contribution < 1.29 is 4.74 Å². The van der Waals surface area contributed by atoms with Crippen LogP contribution in [-0.4, -0.2) is 37.2 Å². The Morgan fingerprint density at radius 1 is 1.33 bits per heavy atom. The first-order valence-corrected chi connectivity index (χ1v) is 3.68. The molecule has 9 heavy (non-hydrogen) atoms. The van der Waals surface area contributed by atoms with Gasteiger partial charge in [-0.2, -0.15) is 0 Å². The first-order valence-electron chi connectivity index (χ1n) is 3.68. The Morgan fingerprint density at radius 3 is 2.33 bits per heavy atom. The lowest BCUT2D eigenvalue weighted by atomic mass is 9.99. The van der Waals surface area contributed by atoms with Crippen LogP contribution in [0.5, 0.6) is 0 Å². The second-order valence-electron chi connectivity index (χ2n) is 3.25. The highest BCUT2D eigenvalue weighted by Crippen LogP contribution is 2.21. The van der Waals surface area contributed by atoms with Gasteiger partial charge in [0.2, 0.25) is 0 Å². The van der Waals surface area contributed by atoms with E-state index in [1.165, 1.54) is 13.1 Å². The lowest BCUT2D eigenvalue weighted by Gasteiger charge is -2.46. The standard InChI is InChI=1S/C7H13NO/c1-6-2-8(3-6)7-4-9-5-7/h6-7H,2-5H2,1H3. The Hall–Kier alpha value is -0.0800. The first kappa shape index (κ1) is 5.69. The van der Waals surface area contributed by atoms with Crippen LogP contribution >= 0.6 is 0 Å². The summed E-state index contributed by atoms with van der Waals surface area (Å²) in [5, 5.41) is 0. The fourth-order valence-electron chi connectivity index (χ4n) is 1.48. The summed E-state index contributed by atoms with van der Waals surface area (Å²) in [6.07, 6.45) is 0. The van der Waals surface area contributed by atoms with E-state index in [2.05, 4.69) is 11.8 Å². The average Bonchev–Trinajstić information content (AvgIpc) is 1.57. The molecule has 2 nitrogen and oxygen atoms in total. The van der Waals surface area contributed by atoms with Crippen LogP contribution in [0.4, 0.5) is 0 Å². The third-order valence-electron chi connectivity index (χ3n) is 2.23. The molecule has 0 atom stereocenters. The molecule has 0 spiro atoms. The van der Waals surface area contributed by atoms with E-state index in [1.54, 1.807) is 0 Å². The summed E-state index contributed by atoms with van der Waals surface area (Å²) in [6.45, 7) is 6.86. The predicted octanol–water partition coefficient (Wildman–Crippen LogP) is 0.337. The molecule has 0 aromatic carbocycles. The van der Waals surface area contributed by atoms with Gasteiger partial charge in [-0.3, -0.25) is 4.90 Å². The number of likely N-dealkylation sites (tertiary alicyclic amines) is 1. The van der Waals surface area contributed by atoms with Gasteiger partial charge in [0, 0.05) is 13.1 Å². The van der Waals surface area contributed by atoms with Gasteiger partial charge < -0.3 is 4.74 Å². The molecule has 0 aromatic rings. The second-order valence-corrected chi connectivity index (χ2v) is 3.25. The van der Waals surface area contributed by atoms with Gasteiger partial charge in [-0.15, -0.1) is 0 Å². The van der Waals surface area contributed by atoms with Crippen LogP contribution in [0, 0.1) is 5.92 Å². The molecule has 2 heterocycles. The molecule has 0 aromatic heterocycles. The van der Waals surface area contributed by atoms with Crippen molar-refractivity contribution in [3.63, 3.8) is 0 Å². The van der Waals surface area contributed by atoms with E-state index in [0.29, 0.717) is 0 Å². The van der Waals surface area contributed by atoms with Gasteiger partial charge in [-0.1, -0.05) is 6.92 Å². The van der Waals surface area contributed by atoms with Crippen molar-refractivity contribution in [3.05, 3.63) is 0 Å². The molecule has 0 N–H and O–H groups in total. The molecule has 0 saturated carbocycles. The van der Waals surface area contributed by atoms with Crippen LogP contribution in [0.3, 0.4) is 0 Å². The molecule has 0 aliphatic carbocycles. The molecule has 0 bridgehead atoms. The lowest BCUT2D eigenvalue weighted by molar-refractivity contribution is -0.0986. The van der Waals surface area contributed by atoms with Crippen molar-refractivity contribution in [1.29, 1.82) is 0 Å². The van der Waals surface area contributed by atoms with Gasteiger partial charge in [-0.25, -0.2) is 0 Å². The van der Waals surface area contributed by atoms with Gasteiger partial charge in [0.25, 0.3) is 0 Å². The molecule has 2 aliphatic heterocycles. The fourth-order valence-corrected chi connectivity index (χ4v) is 1.48. The monoisotopic (exact) mass is 127 g/mol. The topological polar surface area (TPSA) is 12.5 Å². The number of rotatable bonds is 1. The minimum Gasteiger partial charge on any atom is -0.378 e. The zero-order valence-electron chi connectivity index (χ0n) is 5.84. The zero-order chi connectivity index (χ0) is 6.27. The van der Waals surface area contributed by atoms with Gasteiger partial charge in [0.1, 0.15) is 0 Å². The van der Waals surface area contributed by atoms with E-state index in [4.69, 9.17) is 4.74 Å². The first-order chi connectivity index (χ1) is 4.36. The van der Waals surface area contributed by atoms with Crippen molar-refractivity contribution in [2.45, 2.75) is 13.0 Å². The minimum atomic E-state index is 0.779. The summed E-state index contributed by atoms with van der Waals surface area (Å²) in [6, 6.07) is 0.779. The molecule has 2 rings (SSSR count). The summed E-state index contributed by atoms with van der Waals surface area (Å²) in [7, 11) is 0. The van der Waals surface area contributed by atoms with Gasteiger partial charge in [0.05, 0.1) is 19.3 Å². The normalized spacial score (nSPS) is 31.7. The lowest BCUT2D eigenvalue weighted by Crippen LogP contribution is -2.58. The largest absolute Gasteiger partial charge is 0.378 e. The Balaban J connectivity index is 1.75. The molecule has 2 aliphatic rings. The third kappa shape index (κ3) is 0.864. The Bertz CT molecular complexity index is 105. The van der Waals surface area contributed by atoms with E-state index in [0.717, 1.165) is 25.2 Å². The van der Waals surface area contributed by atoms with Crippen LogP contribution in [0.15, 0.2) is 0 Å². The maximum Gasteiger partial charge on any atom is 0.0645 e. The van der Waals surface area contributed by atoms with Crippen LogP contribution in [0.25, 0.3) is 0 Å². The fraction of sp³-hybridized carbons (Fsp3) is 1.00. The molecular weight excluding hydrogens is 114 g/mol. The number of hydrogen-bond donors (Lipinski definition) is 0. The molecular formula is C7H13NO. The molecule has 52 valence electrons. The van der Waals surface area contributed by atoms with Crippen molar-refractivity contribution in [2.24, 2.45) is 5.92 Å². The molecule has 0 unspecified atom stereocenters. The Kier molecular flexibility index (Phi) is 1.24. The van der Waals surface area contributed by atoms with Crippen LogP contribution in [0.2, 0.25) is 0 Å². The van der Waals surface area contributed by atoms with Gasteiger partial charge in [-0.05, 0) is 5.92 Å². The highest BCUT2D eigenvalue weighted by atomic mass is 16.5. The summed E-state index contributed by atoms with van der Waals surface area (Å²) in [5.41, 5.74) is 0. The predicted molar refractivity (Wildman–Crippen MR) is 35.3 cm³/mol. The number of nitrogens with zero attached hydrogens (tertiary/aromatic N) is 1. The molecule has 2 fully saturated rings. The van der Waals surface area contributed by atoms with E-state index in [1.807, 2.05) is 0 Å². The quantitative estimate of drug-likeness (QED) is 0.503. The van der Waals surface area contributed by atoms with Crippen LogP contribution in [0.1, 0.15) is 6.92 Å². The Morgan fingerprint density at radius 2 is 2.00 bits per heavy atom. The average molecular weight is 127 g/mol. The van der Waals surface area contributed by atoms with Crippen LogP contribution < -0.4 is 0 Å². The van der Waals surface area contributed by atoms with E-state index >= 15 is 0 Å². The summed E-state index contributed by atoms with van der Waals surface area (Å²) >= 11 is 0. The van der Waals surface area contributed by atoms with E-state index in [9.17, 15) is 0 Å². The van der Waals surface area contributed by atoms with E-state index in [-0.39, 0.29) is 0 Å². The maximum absolute atomic E-state index is 5.09. The SMILES string of the molecule is CC1CN(C2COC2)C1. The number of hydrogen-bond acceptors (Lipinski definition) is 2. The number of ether oxygens (including phenoxy) is 1. The molecule has 0 radical (unpaired) electrons. The van der Waals surface area contributed by atoms with Crippen LogP contribution in [-0.2, 0) is 4.74 Å². The summed E-state index contributed by atoms with van der Waals surface area (Å²) in [4.78, 5) is 2.51. The van der Waals surface area contributed by atoms with Crippen molar-refractivity contribution in [3.8, 4) is 0 Å². The summed E-state index contributed by atoms with van der Waals surface area (Å²) in [5.74, 6) is 0.936. The summed E-state index contributed by atoms with van der Waals surface area (Å²) < 4.78 is 5.09. The molecule has 0 amide bonds. The maximum atomic E-state index is 5.09. The smallest absolute Gasteiger partial charge is 0.0645 e. The second kappa shape index (κ2) is 1.96. The van der Waals surface area contributed by atoms with Crippen molar-refractivity contribution in [1.82, 2.24) is 4.90 Å². The van der Waals surface area contributed by atoms with E-state index < -0.39 is 0 Å². The zero-order valence-corrected chi connectivity index (χ0v) is 5.84. The van der Waals surface area contributed by atoms with Crippen molar-refractivity contribution in [2.75, 3.05) is 26.3 Å². The molecule has 2 heteroatoms. The highest BCUT2D eigenvalue weighted by molar-refractivity contribution is 4.86. The van der Waals surface area contributed by atoms with Crippen molar-refractivity contribution >= 4 is 0 Å². The van der Waals surface area contributed by atoms with Gasteiger partial charge >= 0.3 is 0 Å². The highest BCUT2D eigenvalue weighted by Gasteiger charge is 2.33. The third-order valence-corrected chi connectivity index (χ3v) is 2.23. The Labute approximate surface area is 55.8 Å². The van der Waals surface area contributed by atoms with Gasteiger partial charge in [0.15, 0.2) is 0 Å². The molecule has 2 saturated heterocycles. The minimum absolute atomic E-state index is 0.779.